The molecule has 19 heavy (non-hydrogen) atoms. The van der Waals surface area contributed by atoms with Crippen molar-refractivity contribution in [3.8, 4) is 11.3 Å². The van der Waals surface area contributed by atoms with Crippen LogP contribution in [0.15, 0.2) is 36.5 Å². The molecule has 0 fully saturated rings. The summed E-state index contributed by atoms with van der Waals surface area (Å²) in [6.07, 6.45) is 6.81. The molecular weight excluding hydrogens is 239 g/mol. The molecule has 0 aliphatic heterocycles. The zero-order chi connectivity index (χ0) is 13.5. The Morgan fingerprint density at radius 3 is 2.53 bits per heavy atom. The number of unbranched alkanes of at least 4 members (excludes halogenated alkanes) is 3. The predicted octanol–water partition coefficient (Wildman–Crippen LogP) is 4.41. The van der Waals surface area contributed by atoms with Crippen LogP contribution in [0.5, 0.6) is 0 Å². The maximum absolute atomic E-state index is 13.9. The number of aryl methyl sites for hydroxylation is 1. The number of halogens is 1. The van der Waals surface area contributed by atoms with Gasteiger partial charge in [0.2, 0.25) is 5.95 Å². The molecule has 1 heterocycles. The highest BCUT2D eigenvalue weighted by Gasteiger charge is 2.08. The number of nitrogens with zero attached hydrogens (tertiary/aromatic N) is 2. The van der Waals surface area contributed by atoms with Crippen LogP contribution in [0.4, 0.5) is 4.39 Å². The zero-order valence-corrected chi connectivity index (χ0v) is 11.3. The van der Waals surface area contributed by atoms with Gasteiger partial charge in [0.15, 0.2) is 0 Å². The summed E-state index contributed by atoms with van der Waals surface area (Å²) in [5.74, 6) is -0.433. The number of benzene rings is 1. The third-order valence-electron chi connectivity index (χ3n) is 3.14. The van der Waals surface area contributed by atoms with Gasteiger partial charge in [0.05, 0.1) is 17.6 Å². The van der Waals surface area contributed by atoms with Crippen LogP contribution in [-0.2, 0) is 6.42 Å². The van der Waals surface area contributed by atoms with Gasteiger partial charge in [-0.1, -0.05) is 56.5 Å². The average molecular weight is 258 g/mol. The second kappa shape index (κ2) is 6.98. The summed E-state index contributed by atoms with van der Waals surface area (Å²) in [4.78, 5) is 8.23. The van der Waals surface area contributed by atoms with Gasteiger partial charge in [-0.25, -0.2) is 4.98 Å². The Balaban J connectivity index is 2.05. The molecule has 0 saturated heterocycles. The number of hydrogen-bond acceptors (Lipinski definition) is 2. The standard InChI is InChI=1S/C16H19FN2/c1-2-3-4-8-11-14-16(17)19-15(12-18-14)13-9-6-5-7-10-13/h5-7,9-10,12H,2-4,8,11H2,1H3. The number of hydrogen-bond donors (Lipinski definition) is 0. The molecule has 0 spiro atoms. The second-order valence-corrected chi connectivity index (χ2v) is 4.67. The van der Waals surface area contributed by atoms with Crippen molar-refractivity contribution in [1.82, 2.24) is 9.97 Å². The summed E-state index contributed by atoms with van der Waals surface area (Å²) in [6.45, 7) is 2.16. The lowest BCUT2D eigenvalue weighted by Gasteiger charge is -2.04. The minimum Gasteiger partial charge on any atom is -0.254 e. The van der Waals surface area contributed by atoms with Crippen LogP contribution in [0, 0.1) is 5.95 Å². The molecule has 0 aliphatic rings. The summed E-state index contributed by atoms with van der Waals surface area (Å²) < 4.78 is 13.9. The average Bonchev–Trinajstić information content (AvgIpc) is 2.46. The molecule has 2 aromatic rings. The van der Waals surface area contributed by atoms with Crippen LogP contribution < -0.4 is 0 Å². The molecule has 2 nitrogen and oxygen atoms in total. The molecule has 3 heteroatoms. The number of rotatable bonds is 6. The normalized spacial score (nSPS) is 10.6. The highest BCUT2D eigenvalue weighted by molar-refractivity contribution is 5.57. The molecule has 0 bridgehead atoms. The topological polar surface area (TPSA) is 25.8 Å². The maximum Gasteiger partial charge on any atom is 0.235 e. The monoisotopic (exact) mass is 258 g/mol. The van der Waals surface area contributed by atoms with E-state index in [0.717, 1.165) is 18.4 Å². The highest BCUT2D eigenvalue weighted by Crippen LogP contribution is 2.17. The first-order chi connectivity index (χ1) is 9.31. The first-order valence-electron chi connectivity index (χ1n) is 6.88. The largest absolute Gasteiger partial charge is 0.254 e. The molecule has 0 saturated carbocycles. The van der Waals surface area contributed by atoms with E-state index in [4.69, 9.17) is 0 Å². The fourth-order valence-electron chi connectivity index (χ4n) is 2.03. The Hall–Kier alpha value is -1.77. The Morgan fingerprint density at radius 1 is 1.05 bits per heavy atom. The van der Waals surface area contributed by atoms with Crippen molar-refractivity contribution >= 4 is 0 Å². The Morgan fingerprint density at radius 2 is 1.84 bits per heavy atom. The van der Waals surface area contributed by atoms with E-state index < -0.39 is 5.95 Å². The van der Waals surface area contributed by atoms with Gasteiger partial charge in [-0.15, -0.1) is 0 Å². The molecule has 0 N–H and O–H groups in total. The van der Waals surface area contributed by atoms with Crippen molar-refractivity contribution in [1.29, 1.82) is 0 Å². The van der Waals surface area contributed by atoms with Gasteiger partial charge in [0.25, 0.3) is 0 Å². The quantitative estimate of drug-likeness (QED) is 0.717. The van der Waals surface area contributed by atoms with E-state index in [1.807, 2.05) is 30.3 Å². The van der Waals surface area contributed by atoms with Gasteiger partial charge in [0, 0.05) is 5.56 Å². The molecular formula is C16H19FN2. The molecule has 1 aromatic carbocycles. The molecule has 1 aromatic heterocycles. The van der Waals surface area contributed by atoms with Crippen LogP contribution in [0.3, 0.4) is 0 Å². The predicted molar refractivity (Wildman–Crippen MR) is 75.3 cm³/mol. The van der Waals surface area contributed by atoms with E-state index in [1.165, 1.54) is 12.8 Å². The Labute approximate surface area is 113 Å². The van der Waals surface area contributed by atoms with Gasteiger partial charge in [0.1, 0.15) is 0 Å². The third-order valence-corrected chi connectivity index (χ3v) is 3.14. The SMILES string of the molecule is CCCCCCc1ncc(-c2ccccc2)nc1F. The van der Waals surface area contributed by atoms with Crippen LogP contribution in [0.25, 0.3) is 11.3 Å². The smallest absolute Gasteiger partial charge is 0.235 e. The van der Waals surface area contributed by atoms with E-state index >= 15 is 0 Å². The van der Waals surface area contributed by atoms with Crippen LogP contribution in [-0.4, -0.2) is 9.97 Å². The van der Waals surface area contributed by atoms with Crippen molar-refractivity contribution in [3.05, 3.63) is 48.2 Å². The molecule has 2 rings (SSSR count). The molecule has 0 unspecified atom stereocenters. The maximum atomic E-state index is 13.9. The van der Waals surface area contributed by atoms with E-state index in [1.54, 1.807) is 6.20 Å². The molecule has 0 atom stereocenters. The molecule has 0 amide bonds. The van der Waals surface area contributed by atoms with Gasteiger partial charge in [-0.3, -0.25) is 4.98 Å². The third kappa shape index (κ3) is 3.85. The van der Waals surface area contributed by atoms with Crippen molar-refractivity contribution in [2.75, 3.05) is 0 Å². The van der Waals surface area contributed by atoms with Crippen LogP contribution in [0.2, 0.25) is 0 Å². The molecule has 100 valence electrons. The lowest BCUT2D eigenvalue weighted by Crippen LogP contribution is -2.00. The molecule has 0 radical (unpaired) electrons. The summed E-state index contributed by atoms with van der Waals surface area (Å²) in [5.41, 5.74) is 1.97. The Bertz CT molecular complexity index is 511. The van der Waals surface area contributed by atoms with Crippen molar-refractivity contribution in [3.63, 3.8) is 0 Å². The van der Waals surface area contributed by atoms with Crippen molar-refractivity contribution < 1.29 is 4.39 Å². The minimum absolute atomic E-state index is 0.433. The fraction of sp³-hybridized carbons (Fsp3) is 0.375. The van der Waals surface area contributed by atoms with E-state index in [-0.39, 0.29) is 0 Å². The van der Waals surface area contributed by atoms with Gasteiger partial charge < -0.3 is 0 Å². The first-order valence-corrected chi connectivity index (χ1v) is 6.88. The lowest BCUT2D eigenvalue weighted by atomic mass is 10.1. The summed E-state index contributed by atoms with van der Waals surface area (Å²) >= 11 is 0. The Kier molecular flexibility index (Phi) is 5.01. The first kappa shape index (κ1) is 13.7. The second-order valence-electron chi connectivity index (χ2n) is 4.67. The summed E-state index contributed by atoms with van der Waals surface area (Å²) in [7, 11) is 0. The van der Waals surface area contributed by atoms with Crippen LogP contribution >= 0.6 is 0 Å². The zero-order valence-electron chi connectivity index (χ0n) is 11.3. The van der Waals surface area contributed by atoms with Crippen molar-refractivity contribution in [2.24, 2.45) is 0 Å². The highest BCUT2D eigenvalue weighted by atomic mass is 19.1. The molecule has 0 aliphatic carbocycles. The van der Waals surface area contributed by atoms with E-state index in [0.29, 0.717) is 17.8 Å². The number of aromatic nitrogens is 2. The van der Waals surface area contributed by atoms with Gasteiger partial charge >= 0.3 is 0 Å². The lowest BCUT2D eigenvalue weighted by molar-refractivity contribution is 0.546. The van der Waals surface area contributed by atoms with Gasteiger partial charge in [-0.2, -0.15) is 4.39 Å². The minimum atomic E-state index is -0.433. The van der Waals surface area contributed by atoms with E-state index in [2.05, 4.69) is 16.9 Å². The van der Waals surface area contributed by atoms with Crippen molar-refractivity contribution in [2.45, 2.75) is 39.0 Å². The van der Waals surface area contributed by atoms with Crippen LogP contribution in [0.1, 0.15) is 38.3 Å². The summed E-state index contributed by atoms with van der Waals surface area (Å²) in [5, 5.41) is 0. The summed E-state index contributed by atoms with van der Waals surface area (Å²) in [6, 6.07) is 9.56. The fourth-order valence-corrected chi connectivity index (χ4v) is 2.03. The van der Waals surface area contributed by atoms with E-state index in [9.17, 15) is 4.39 Å². The van der Waals surface area contributed by atoms with Gasteiger partial charge in [-0.05, 0) is 12.8 Å².